The summed E-state index contributed by atoms with van der Waals surface area (Å²) in [7, 11) is 0. The number of alkyl halides is 3. The number of unbranched alkanes of at least 4 members (excludes halogenated alkanes) is 1. The van der Waals surface area contributed by atoms with Gasteiger partial charge in [0, 0.05) is 12.7 Å². The second-order valence-electron chi connectivity index (χ2n) is 5.34. The van der Waals surface area contributed by atoms with Gasteiger partial charge in [0.25, 0.3) is 0 Å². The molecule has 1 aromatic heterocycles. The maximum atomic E-state index is 12.6. The quantitative estimate of drug-likeness (QED) is 0.793. The van der Waals surface area contributed by atoms with Crippen LogP contribution in [0, 0.1) is 0 Å². The van der Waals surface area contributed by atoms with Gasteiger partial charge in [0.15, 0.2) is 0 Å². The van der Waals surface area contributed by atoms with E-state index in [1.165, 1.54) is 12.8 Å². The van der Waals surface area contributed by atoms with E-state index in [9.17, 15) is 13.2 Å². The Morgan fingerprint density at radius 1 is 1.24 bits per heavy atom. The first-order valence-corrected chi connectivity index (χ1v) is 7.26. The zero-order valence-electron chi connectivity index (χ0n) is 11.9. The number of rotatable bonds is 6. The number of nitrogens with zero attached hydrogens (tertiary/aromatic N) is 2. The molecule has 0 spiro atoms. The molecule has 0 saturated carbocycles. The fourth-order valence-corrected chi connectivity index (χ4v) is 2.46. The van der Waals surface area contributed by atoms with Crippen molar-refractivity contribution in [2.75, 3.05) is 37.2 Å². The summed E-state index contributed by atoms with van der Waals surface area (Å²) in [5.41, 5.74) is 5.07. The van der Waals surface area contributed by atoms with Crippen molar-refractivity contribution >= 4 is 11.5 Å². The average molecular weight is 302 g/mol. The Balaban J connectivity index is 1.77. The molecule has 1 fully saturated rings. The van der Waals surface area contributed by atoms with Crippen LogP contribution in [0.3, 0.4) is 0 Å². The molecule has 1 aliphatic heterocycles. The lowest BCUT2D eigenvalue weighted by atomic mass is 10.2. The van der Waals surface area contributed by atoms with Crippen molar-refractivity contribution in [1.82, 2.24) is 9.88 Å². The first-order chi connectivity index (χ1) is 9.97. The molecular formula is C14H21F3N4. The van der Waals surface area contributed by atoms with E-state index in [2.05, 4.69) is 15.2 Å². The van der Waals surface area contributed by atoms with Gasteiger partial charge in [-0.05, 0) is 51.4 Å². The molecular weight excluding hydrogens is 281 g/mol. The second-order valence-corrected chi connectivity index (χ2v) is 5.34. The Hall–Kier alpha value is -1.50. The van der Waals surface area contributed by atoms with E-state index in [0.717, 1.165) is 44.7 Å². The van der Waals surface area contributed by atoms with Gasteiger partial charge >= 0.3 is 6.18 Å². The number of aromatic nitrogens is 1. The van der Waals surface area contributed by atoms with Gasteiger partial charge in [-0.2, -0.15) is 13.2 Å². The van der Waals surface area contributed by atoms with Gasteiger partial charge in [-0.3, -0.25) is 0 Å². The van der Waals surface area contributed by atoms with Gasteiger partial charge in [-0.15, -0.1) is 0 Å². The molecule has 1 aromatic rings. The van der Waals surface area contributed by atoms with Crippen molar-refractivity contribution < 1.29 is 13.2 Å². The van der Waals surface area contributed by atoms with Crippen molar-refractivity contribution in [2.45, 2.75) is 31.9 Å². The fraction of sp³-hybridized carbons (Fsp3) is 0.643. The van der Waals surface area contributed by atoms with Gasteiger partial charge in [0.2, 0.25) is 0 Å². The van der Waals surface area contributed by atoms with E-state index in [4.69, 9.17) is 5.73 Å². The first kappa shape index (κ1) is 15.9. The summed E-state index contributed by atoms with van der Waals surface area (Å²) in [6.45, 7) is 3.98. The molecule has 2 heterocycles. The Bertz CT molecular complexity index is 456. The molecule has 0 bridgehead atoms. The van der Waals surface area contributed by atoms with Crippen LogP contribution in [0.1, 0.15) is 31.2 Å². The molecule has 0 atom stereocenters. The summed E-state index contributed by atoms with van der Waals surface area (Å²) < 4.78 is 37.8. The van der Waals surface area contributed by atoms with E-state index in [0.29, 0.717) is 6.54 Å². The third-order valence-electron chi connectivity index (χ3n) is 3.66. The normalized spacial score (nSPS) is 16.3. The van der Waals surface area contributed by atoms with Crippen molar-refractivity contribution in [1.29, 1.82) is 0 Å². The molecule has 0 aliphatic carbocycles. The van der Waals surface area contributed by atoms with Crippen LogP contribution in [0.2, 0.25) is 0 Å². The zero-order valence-corrected chi connectivity index (χ0v) is 11.9. The first-order valence-electron chi connectivity index (χ1n) is 7.26. The highest BCUT2D eigenvalue weighted by Crippen LogP contribution is 2.31. The van der Waals surface area contributed by atoms with Crippen LogP contribution in [-0.4, -0.2) is 36.1 Å². The van der Waals surface area contributed by atoms with Crippen LogP contribution in [0.4, 0.5) is 24.7 Å². The van der Waals surface area contributed by atoms with E-state index in [-0.39, 0.29) is 11.5 Å². The van der Waals surface area contributed by atoms with E-state index in [1.54, 1.807) is 0 Å². The summed E-state index contributed by atoms with van der Waals surface area (Å²) in [4.78, 5) is 6.01. The zero-order chi connectivity index (χ0) is 15.3. The highest BCUT2D eigenvalue weighted by molar-refractivity contribution is 5.62. The summed E-state index contributed by atoms with van der Waals surface area (Å²) in [6, 6.07) is 1.02. The summed E-state index contributed by atoms with van der Waals surface area (Å²) >= 11 is 0. The third-order valence-corrected chi connectivity index (χ3v) is 3.66. The summed E-state index contributed by atoms with van der Waals surface area (Å²) in [6.07, 6.45) is 0.821. The Morgan fingerprint density at radius 3 is 2.62 bits per heavy atom. The van der Waals surface area contributed by atoms with Crippen LogP contribution in [0.25, 0.3) is 0 Å². The monoisotopic (exact) mass is 302 g/mol. The molecule has 7 heteroatoms. The summed E-state index contributed by atoms with van der Waals surface area (Å²) in [5.74, 6) is 0.0996. The maximum absolute atomic E-state index is 12.6. The number of pyridine rings is 1. The standard InChI is InChI=1S/C14H21F3N4/c15-14(16,17)11-9-12(13(18)20-10-11)19-5-1-2-6-21-7-3-4-8-21/h9-10,19H,1-8H2,(H2,18,20). The number of nitrogens with two attached hydrogens (primary N) is 1. The smallest absolute Gasteiger partial charge is 0.382 e. The lowest BCUT2D eigenvalue weighted by Gasteiger charge is -2.15. The Labute approximate surface area is 122 Å². The number of anilines is 2. The van der Waals surface area contributed by atoms with E-state index >= 15 is 0 Å². The number of likely N-dealkylation sites (tertiary alicyclic amines) is 1. The Kier molecular flexibility index (Phi) is 5.27. The average Bonchev–Trinajstić information content (AvgIpc) is 2.92. The molecule has 0 amide bonds. The van der Waals surface area contributed by atoms with Gasteiger partial charge in [0.1, 0.15) is 5.82 Å². The van der Waals surface area contributed by atoms with E-state index < -0.39 is 11.7 Å². The largest absolute Gasteiger partial charge is 0.417 e. The van der Waals surface area contributed by atoms with Crippen molar-refractivity contribution in [3.8, 4) is 0 Å². The lowest BCUT2D eigenvalue weighted by Crippen LogP contribution is -2.21. The highest BCUT2D eigenvalue weighted by Gasteiger charge is 2.31. The van der Waals surface area contributed by atoms with Crippen molar-refractivity contribution in [3.05, 3.63) is 17.8 Å². The SMILES string of the molecule is Nc1ncc(C(F)(F)F)cc1NCCCCN1CCCC1. The van der Waals surface area contributed by atoms with Crippen LogP contribution >= 0.6 is 0 Å². The molecule has 2 rings (SSSR count). The molecule has 4 nitrogen and oxygen atoms in total. The predicted molar refractivity (Wildman–Crippen MR) is 77.0 cm³/mol. The van der Waals surface area contributed by atoms with Gasteiger partial charge in [-0.25, -0.2) is 4.98 Å². The van der Waals surface area contributed by atoms with Gasteiger partial charge in [-0.1, -0.05) is 0 Å². The molecule has 3 N–H and O–H groups in total. The predicted octanol–water partition coefficient (Wildman–Crippen LogP) is 2.97. The number of hydrogen-bond acceptors (Lipinski definition) is 4. The number of nitrogen functional groups attached to an aromatic ring is 1. The Morgan fingerprint density at radius 2 is 1.95 bits per heavy atom. The molecule has 1 saturated heterocycles. The summed E-state index contributed by atoms with van der Waals surface area (Å²) in [5, 5.41) is 2.94. The second kappa shape index (κ2) is 6.98. The minimum atomic E-state index is -4.40. The molecule has 21 heavy (non-hydrogen) atoms. The third kappa shape index (κ3) is 4.77. The van der Waals surface area contributed by atoms with Gasteiger partial charge < -0.3 is 16.0 Å². The van der Waals surface area contributed by atoms with Crippen molar-refractivity contribution in [3.63, 3.8) is 0 Å². The van der Waals surface area contributed by atoms with E-state index in [1.807, 2.05) is 0 Å². The minimum Gasteiger partial charge on any atom is -0.382 e. The minimum absolute atomic E-state index is 0.0996. The molecule has 1 aliphatic rings. The topological polar surface area (TPSA) is 54.2 Å². The number of nitrogens with one attached hydrogen (secondary N) is 1. The molecule has 0 radical (unpaired) electrons. The van der Waals surface area contributed by atoms with Crippen LogP contribution in [0.15, 0.2) is 12.3 Å². The lowest BCUT2D eigenvalue weighted by molar-refractivity contribution is -0.137. The molecule has 0 unspecified atom stereocenters. The van der Waals surface area contributed by atoms with Gasteiger partial charge in [0.05, 0.1) is 11.3 Å². The maximum Gasteiger partial charge on any atom is 0.417 e. The van der Waals surface area contributed by atoms with Crippen LogP contribution in [-0.2, 0) is 6.18 Å². The highest BCUT2D eigenvalue weighted by atomic mass is 19.4. The molecule has 118 valence electrons. The number of halogens is 3. The van der Waals surface area contributed by atoms with Crippen LogP contribution in [0.5, 0.6) is 0 Å². The van der Waals surface area contributed by atoms with Crippen LogP contribution < -0.4 is 11.1 Å². The number of hydrogen-bond donors (Lipinski definition) is 2. The molecule has 0 aromatic carbocycles. The fourth-order valence-electron chi connectivity index (χ4n) is 2.46. The van der Waals surface area contributed by atoms with Crippen molar-refractivity contribution in [2.24, 2.45) is 0 Å².